The van der Waals surface area contributed by atoms with Crippen molar-refractivity contribution >= 4 is 35.4 Å². The van der Waals surface area contributed by atoms with E-state index >= 15 is 0 Å². The molecule has 14 heteroatoms. The first-order valence-corrected chi connectivity index (χ1v) is 17.1. The lowest BCUT2D eigenvalue weighted by Crippen LogP contribution is -2.63. The number of Topliss-reactive ketones (excluding diaryl/α,β-unsaturated/α-hetero) is 2. The third-order valence-corrected chi connectivity index (χ3v) is 9.29. The first-order chi connectivity index (χ1) is 24.3. The van der Waals surface area contributed by atoms with Crippen LogP contribution in [0.2, 0.25) is 0 Å². The van der Waals surface area contributed by atoms with Crippen LogP contribution in [0.1, 0.15) is 92.6 Å². The fourth-order valence-electron chi connectivity index (χ4n) is 7.38. The maximum absolute atomic E-state index is 13.8. The Balaban J connectivity index is 1.57. The summed E-state index contributed by atoms with van der Waals surface area (Å²) >= 11 is 0. The quantitative estimate of drug-likeness (QED) is 0.256. The molecule has 0 N–H and O–H groups in total. The Morgan fingerprint density at radius 1 is 0.712 bits per heavy atom. The van der Waals surface area contributed by atoms with E-state index in [0.717, 1.165) is 20.8 Å². The maximum atomic E-state index is 13.8. The average molecular weight is 727 g/mol. The van der Waals surface area contributed by atoms with Gasteiger partial charge in [-0.3, -0.25) is 28.8 Å². The van der Waals surface area contributed by atoms with E-state index in [-0.39, 0.29) is 46.7 Å². The summed E-state index contributed by atoms with van der Waals surface area (Å²) in [6.45, 7) is 12.2. The summed E-state index contributed by atoms with van der Waals surface area (Å²) in [6, 6.07) is 4.92. The van der Waals surface area contributed by atoms with Gasteiger partial charge in [-0.25, -0.2) is 0 Å². The molecule has 1 fully saturated rings. The summed E-state index contributed by atoms with van der Waals surface area (Å²) < 4.78 is 46.2. The van der Waals surface area contributed by atoms with E-state index in [1.807, 2.05) is 27.7 Å². The van der Waals surface area contributed by atoms with Crippen molar-refractivity contribution < 1.29 is 66.7 Å². The summed E-state index contributed by atoms with van der Waals surface area (Å²) in [5.74, 6) is -2.50. The Morgan fingerprint density at radius 2 is 1.23 bits per heavy atom. The molecule has 282 valence electrons. The molecule has 14 nitrogen and oxygen atoms in total. The van der Waals surface area contributed by atoms with Crippen molar-refractivity contribution in [2.75, 3.05) is 13.7 Å². The smallest absolute Gasteiger partial charge is 0.303 e. The first kappa shape index (κ1) is 38.5. The van der Waals surface area contributed by atoms with Crippen molar-refractivity contribution in [2.24, 2.45) is 10.8 Å². The third kappa shape index (κ3) is 8.32. The molecule has 0 bridgehead atoms. The highest BCUT2D eigenvalue weighted by atomic mass is 16.7. The second-order valence-electron chi connectivity index (χ2n) is 15.2. The molecule has 4 aliphatic rings. The number of rotatable bonds is 9. The average Bonchev–Trinajstić information content (AvgIpc) is 3.00. The lowest BCUT2D eigenvalue weighted by atomic mass is 9.65. The van der Waals surface area contributed by atoms with Crippen LogP contribution in [0.4, 0.5) is 0 Å². The molecule has 1 saturated heterocycles. The molecule has 0 radical (unpaired) electrons. The molecule has 52 heavy (non-hydrogen) atoms. The third-order valence-electron chi connectivity index (χ3n) is 9.29. The standard InChI is InChI=1S/C38H46O14/c1-18(39)46-17-29-33(47-19(2)40)34(48-20(3)41)35(49-21(4)42)36(52-29)51-25-11-10-22(12-26(25)45-9)30-31-23(43)13-37(5,6)15-27(31)50-28-16-38(7,8)14-24(44)32(28)30/h10-12,29-30,33-36H,13-17H2,1-9H3/t29?,33-,34?,35?,36-/m1/s1. The summed E-state index contributed by atoms with van der Waals surface area (Å²) in [4.78, 5) is 76.0. The number of esters is 4. The highest BCUT2D eigenvalue weighted by Gasteiger charge is 2.54. The number of hydrogen-bond acceptors (Lipinski definition) is 14. The predicted molar refractivity (Wildman–Crippen MR) is 179 cm³/mol. The van der Waals surface area contributed by atoms with Crippen LogP contribution in [-0.4, -0.2) is 79.9 Å². The van der Waals surface area contributed by atoms with E-state index < -0.39 is 67.1 Å². The highest BCUT2D eigenvalue weighted by molar-refractivity contribution is 6.06. The molecule has 3 unspecified atom stereocenters. The Hall–Kier alpha value is -4.72. The number of ketones is 2. The first-order valence-electron chi connectivity index (χ1n) is 17.1. The molecule has 2 heterocycles. The molecular weight excluding hydrogens is 680 g/mol. The van der Waals surface area contributed by atoms with Gasteiger partial charge in [-0.1, -0.05) is 33.8 Å². The van der Waals surface area contributed by atoms with E-state index in [1.165, 1.54) is 14.0 Å². The van der Waals surface area contributed by atoms with Gasteiger partial charge in [-0.15, -0.1) is 0 Å². The largest absolute Gasteiger partial charge is 0.493 e. The fraction of sp³-hybridized carbons (Fsp3) is 0.579. The number of carbonyl (C=O) groups is 6. The maximum Gasteiger partial charge on any atom is 0.303 e. The van der Waals surface area contributed by atoms with Crippen LogP contribution in [-0.2, 0) is 57.2 Å². The summed E-state index contributed by atoms with van der Waals surface area (Å²) in [7, 11) is 1.40. The van der Waals surface area contributed by atoms with Crippen LogP contribution < -0.4 is 9.47 Å². The molecule has 2 aliphatic carbocycles. The normalized spacial score (nSPS) is 26.7. The molecule has 1 aromatic rings. The van der Waals surface area contributed by atoms with Crippen LogP contribution in [0, 0.1) is 10.8 Å². The molecule has 2 aliphatic heterocycles. The topological polar surface area (TPSA) is 176 Å². The van der Waals surface area contributed by atoms with Crippen LogP contribution in [0.3, 0.4) is 0 Å². The van der Waals surface area contributed by atoms with Gasteiger partial charge in [0.2, 0.25) is 12.4 Å². The summed E-state index contributed by atoms with van der Waals surface area (Å²) in [6.07, 6.45) is -5.36. The monoisotopic (exact) mass is 726 g/mol. The van der Waals surface area contributed by atoms with Crippen molar-refractivity contribution in [3.05, 3.63) is 46.4 Å². The number of hydrogen-bond donors (Lipinski definition) is 0. The second kappa shape index (κ2) is 14.7. The van der Waals surface area contributed by atoms with E-state index in [0.29, 0.717) is 41.1 Å². The van der Waals surface area contributed by atoms with Crippen LogP contribution in [0.5, 0.6) is 11.5 Å². The van der Waals surface area contributed by atoms with Gasteiger partial charge in [0.15, 0.2) is 35.3 Å². The van der Waals surface area contributed by atoms with Gasteiger partial charge >= 0.3 is 23.9 Å². The summed E-state index contributed by atoms with van der Waals surface area (Å²) in [5.41, 5.74) is 0.830. The highest BCUT2D eigenvalue weighted by Crippen LogP contribution is 2.54. The minimum Gasteiger partial charge on any atom is -0.493 e. The number of allylic oxidation sites excluding steroid dienone is 4. The molecule has 0 amide bonds. The summed E-state index contributed by atoms with van der Waals surface area (Å²) in [5, 5.41) is 0. The van der Waals surface area contributed by atoms with Crippen LogP contribution >= 0.6 is 0 Å². The van der Waals surface area contributed by atoms with Crippen molar-refractivity contribution in [1.82, 2.24) is 0 Å². The van der Waals surface area contributed by atoms with Gasteiger partial charge < -0.3 is 37.9 Å². The molecule has 1 aromatic carbocycles. The molecule has 0 spiro atoms. The lowest BCUT2D eigenvalue weighted by molar-refractivity contribution is -0.288. The van der Waals surface area contributed by atoms with Gasteiger partial charge in [-0.2, -0.15) is 0 Å². The fourth-order valence-corrected chi connectivity index (χ4v) is 7.38. The van der Waals surface area contributed by atoms with Gasteiger partial charge in [0.1, 0.15) is 24.2 Å². The van der Waals surface area contributed by atoms with Gasteiger partial charge in [-0.05, 0) is 28.5 Å². The minimum atomic E-state index is -1.50. The molecule has 5 rings (SSSR count). The van der Waals surface area contributed by atoms with E-state index in [4.69, 9.17) is 37.9 Å². The van der Waals surface area contributed by atoms with Crippen molar-refractivity contribution in [2.45, 2.75) is 118 Å². The zero-order valence-electron chi connectivity index (χ0n) is 30.9. The second-order valence-corrected chi connectivity index (χ2v) is 15.2. The Bertz CT molecular complexity index is 1680. The molecular formula is C38H46O14. The zero-order valence-corrected chi connectivity index (χ0v) is 30.9. The number of methoxy groups -OCH3 is 1. The van der Waals surface area contributed by atoms with Crippen molar-refractivity contribution in [3.63, 3.8) is 0 Å². The van der Waals surface area contributed by atoms with Gasteiger partial charge in [0.05, 0.1) is 7.11 Å². The van der Waals surface area contributed by atoms with E-state index in [1.54, 1.807) is 18.2 Å². The molecule has 0 saturated carbocycles. The SMILES string of the molecule is COc1cc(C2C3=C(CC(C)(C)CC3=O)OC3=C2C(=O)CC(C)(C)C3)ccc1O[C@@H]1OC(COC(C)=O)[C@@H](OC(C)=O)C(OC(C)=O)C1OC(C)=O. The van der Waals surface area contributed by atoms with Gasteiger partial charge in [0.25, 0.3) is 0 Å². The number of benzene rings is 1. The van der Waals surface area contributed by atoms with Gasteiger partial charge in [0, 0.05) is 70.4 Å². The van der Waals surface area contributed by atoms with E-state index in [2.05, 4.69) is 0 Å². The van der Waals surface area contributed by atoms with Crippen molar-refractivity contribution in [1.29, 1.82) is 0 Å². The molecule has 0 aromatic heterocycles. The van der Waals surface area contributed by atoms with Crippen LogP contribution in [0.25, 0.3) is 0 Å². The minimum absolute atomic E-state index is 0.0924. The zero-order chi connectivity index (χ0) is 38.3. The number of carbonyl (C=O) groups excluding carboxylic acids is 6. The predicted octanol–water partition coefficient (Wildman–Crippen LogP) is 4.56. The Kier molecular flexibility index (Phi) is 10.9. The Morgan fingerprint density at radius 3 is 1.73 bits per heavy atom. The molecule has 5 atom stereocenters. The number of ether oxygens (including phenoxy) is 8. The Labute approximate surface area is 302 Å². The van der Waals surface area contributed by atoms with Crippen molar-refractivity contribution in [3.8, 4) is 11.5 Å². The van der Waals surface area contributed by atoms with E-state index in [9.17, 15) is 28.8 Å². The lowest BCUT2D eigenvalue weighted by Gasteiger charge is -2.44. The van der Waals surface area contributed by atoms with Crippen LogP contribution in [0.15, 0.2) is 40.9 Å².